The number of aliphatic hydroxyl groups is 1. The third-order valence-corrected chi connectivity index (χ3v) is 6.72. The van der Waals surface area contributed by atoms with Crippen LogP contribution in [0.1, 0.15) is 19.5 Å². The fourth-order valence-electron chi connectivity index (χ4n) is 4.17. The zero-order chi connectivity index (χ0) is 19.3. The summed E-state index contributed by atoms with van der Waals surface area (Å²) in [6.45, 7) is 3.52. The monoisotopic (exact) mass is 387 g/mol. The van der Waals surface area contributed by atoms with Crippen molar-refractivity contribution in [1.82, 2.24) is 14.3 Å². The number of pyridine rings is 1. The number of β-lactam (4-membered cyclic amide) rings is 1. The number of carbonyl (C=O) groups excluding carboxylic acids is 1. The Kier molecular flexibility index (Phi) is 4.47. The number of imidazole rings is 1. The Hall–Kier alpha value is -2.32. The largest absolute Gasteiger partial charge is 0.477 e. The standard InChI is InChI=1S/C19H21N3O4S/c1-10-15-14(11(2)23)18(24)22(15)16(19(25)26)17(10)27-8-6-12-13-5-3-4-7-21(13)9-20-12/h3-5,7,9-11,14-15,23H,6,8H2,1-2H3,(H,25,26)/t10-,11-,14-,15-/m1/s1. The topological polar surface area (TPSA) is 95.1 Å². The van der Waals surface area contributed by atoms with E-state index in [9.17, 15) is 19.8 Å². The molecule has 142 valence electrons. The van der Waals surface area contributed by atoms with Crippen LogP contribution in [0, 0.1) is 11.8 Å². The van der Waals surface area contributed by atoms with Crippen molar-refractivity contribution in [2.75, 3.05) is 5.75 Å². The zero-order valence-corrected chi connectivity index (χ0v) is 15.9. The maximum Gasteiger partial charge on any atom is 0.353 e. The number of carboxylic acids is 1. The third kappa shape index (κ3) is 2.74. The van der Waals surface area contributed by atoms with Crippen molar-refractivity contribution >= 4 is 29.2 Å². The van der Waals surface area contributed by atoms with Crippen LogP contribution in [0.15, 0.2) is 41.3 Å². The summed E-state index contributed by atoms with van der Waals surface area (Å²) in [4.78, 5) is 30.7. The number of nitrogens with zero attached hydrogens (tertiary/aromatic N) is 3. The summed E-state index contributed by atoms with van der Waals surface area (Å²) in [5, 5.41) is 19.5. The zero-order valence-electron chi connectivity index (χ0n) is 15.1. The second-order valence-corrected chi connectivity index (χ2v) is 8.19. The minimum absolute atomic E-state index is 0.0779. The third-order valence-electron chi connectivity index (χ3n) is 5.43. The molecule has 2 aliphatic heterocycles. The summed E-state index contributed by atoms with van der Waals surface area (Å²) < 4.78 is 1.96. The molecule has 2 aromatic heterocycles. The van der Waals surface area contributed by atoms with Crippen LogP contribution in [0.25, 0.3) is 5.52 Å². The summed E-state index contributed by atoms with van der Waals surface area (Å²) in [5.41, 5.74) is 2.08. The Bertz CT molecular complexity index is 951. The van der Waals surface area contributed by atoms with Gasteiger partial charge in [0.05, 0.1) is 35.6 Å². The summed E-state index contributed by atoms with van der Waals surface area (Å²) in [6, 6.07) is 5.65. The van der Waals surface area contributed by atoms with E-state index >= 15 is 0 Å². The van der Waals surface area contributed by atoms with Gasteiger partial charge in [-0.15, -0.1) is 11.8 Å². The van der Waals surface area contributed by atoms with Gasteiger partial charge in [-0.1, -0.05) is 13.0 Å². The minimum atomic E-state index is -1.09. The van der Waals surface area contributed by atoms with Gasteiger partial charge >= 0.3 is 5.97 Å². The van der Waals surface area contributed by atoms with Gasteiger partial charge in [0.2, 0.25) is 5.91 Å². The number of thioether (sulfide) groups is 1. The highest BCUT2D eigenvalue weighted by Gasteiger charge is 2.59. The number of rotatable bonds is 6. The molecule has 2 N–H and O–H groups in total. The number of aliphatic hydroxyl groups excluding tert-OH is 1. The molecule has 0 aliphatic carbocycles. The molecule has 8 heteroatoms. The Morgan fingerprint density at radius 1 is 1.41 bits per heavy atom. The lowest BCUT2D eigenvalue weighted by Crippen LogP contribution is -2.63. The summed E-state index contributed by atoms with van der Waals surface area (Å²) in [7, 11) is 0. The lowest BCUT2D eigenvalue weighted by atomic mass is 9.79. The maximum absolute atomic E-state index is 12.3. The summed E-state index contributed by atoms with van der Waals surface area (Å²) in [6.07, 6.45) is 3.63. The van der Waals surface area contributed by atoms with Gasteiger partial charge in [-0.05, 0) is 19.1 Å². The fourth-order valence-corrected chi connectivity index (χ4v) is 5.41. The van der Waals surface area contributed by atoms with Crippen LogP contribution >= 0.6 is 11.8 Å². The Morgan fingerprint density at radius 2 is 2.19 bits per heavy atom. The number of aryl methyl sites for hydroxylation is 1. The van der Waals surface area contributed by atoms with Gasteiger partial charge in [-0.3, -0.25) is 4.79 Å². The Morgan fingerprint density at radius 3 is 2.89 bits per heavy atom. The van der Waals surface area contributed by atoms with Crippen molar-refractivity contribution in [3.8, 4) is 0 Å². The molecule has 1 saturated heterocycles. The summed E-state index contributed by atoms with van der Waals surface area (Å²) in [5.74, 6) is -1.33. The average Bonchev–Trinajstić information content (AvgIpc) is 3.13. The average molecular weight is 387 g/mol. The molecule has 4 rings (SSSR count). The SMILES string of the molecule is C[C@@H](O)[C@H]1C(=O)N2C(C(=O)O)=C(SCCc3ncn4ccccc34)[C@H](C)[C@H]12. The quantitative estimate of drug-likeness (QED) is 0.734. The van der Waals surface area contributed by atoms with Crippen molar-refractivity contribution in [1.29, 1.82) is 0 Å². The minimum Gasteiger partial charge on any atom is -0.477 e. The number of amides is 1. The molecule has 0 radical (unpaired) electrons. The highest BCUT2D eigenvalue weighted by molar-refractivity contribution is 8.03. The van der Waals surface area contributed by atoms with Gasteiger partial charge < -0.3 is 19.5 Å². The molecule has 0 aromatic carbocycles. The number of hydrogen-bond donors (Lipinski definition) is 2. The smallest absolute Gasteiger partial charge is 0.353 e. The molecule has 2 aromatic rings. The van der Waals surface area contributed by atoms with Crippen LogP contribution in [0.2, 0.25) is 0 Å². The molecule has 1 amide bonds. The molecule has 4 heterocycles. The van der Waals surface area contributed by atoms with E-state index in [4.69, 9.17) is 0 Å². The van der Waals surface area contributed by atoms with Crippen molar-refractivity contribution in [3.63, 3.8) is 0 Å². The number of hydrogen-bond acceptors (Lipinski definition) is 5. The van der Waals surface area contributed by atoms with Crippen LogP contribution in [0.5, 0.6) is 0 Å². The van der Waals surface area contributed by atoms with E-state index in [-0.39, 0.29) is 23.6 Å². The second kappa shape index (κ2) is 6.69. The number of carboxylic acid groups (broad SMARTS) is 1. The highest BCUT2D eigenvalue weighted by atomic mass is 32.2. The van der Waals surface area contributed by atoms with E-state index in [1.807, 2.05) is 35.7 Å². The normalized spacial score (nSPS) is 25.7. The molecule has 0 saturated carbocycles. The van der Waals surface area contributed by atoms with Gasteiger partial charge in [0.15, 0.2) is 0 Å². The first kappa shape index (κ1) is 18.1. The molecule has 2 aliphatic rings. The lowest BCUT2D eigenvalue weighted by molar-refractivity contribution is -0.163. The van der Waals surface area contributed by atoms with Gasteiger partial charge in [0, 0.05) is 29.2 Å². The van der Waals surface area contributed by atoms with Gasteiger partial charge in [0.25, 0.3) is 0 Å². The molecule has 4 atom stereocenters. The first-order chi connectivity index (χ1) is 12.9. The van der Waals surface area contributed by atoms with Gasteiger partial charge in [-0.25, -0.2) is 9.78 Å². The number of carbonyl (C=O) groups is 2. The first-order valence-corrected chi connectivity index (χ1v) is 9.92. The van der Waals surface area contributed by atoms with E-state index in [1.54, 1.807) is 13.3 Å². The van der Waals surface area contributed by atoms with E-state index in [0.717, 1.165) is 11.2 Å². The predicted octanol–water partition coefficient (Wildman–Crippen LogP) is 1.76. The summed E-state index contributed by atoms with van der Waals surface area (Å²) >= 11 is 1.47. The van der Waals surface area contributed by atoms with E-state index < -0.39 is 18.0 Å². The molecule has 0 bridgehead atoms. The van der Waals surface area contributed by atoms with Gasteiger partial charge in [-0.2, -0.15) is 0 Å². The van der Waals surface area contributed by atoms with Crippen LogP contribution < -0.4 is 0 Å². The molecule has 1 fully saturated rings. The first-order valence-electron chi connectivity index (χ1n) is 8.93. The predicted molar refractivity (Wildman–Crippen MR) is 101 cm³/mol. The number of fused-ring (bicyclic) bond motifs is 2. The molecule has 27 heavy (non-hydrogen) atoms. The highest BCUT2D eigenvalue weighted by Crippen LogP contribution is 2.50. The Balaban J connectivity index is 1.52. The van der Waals surface area contributed by atoms with Crippen molar-refractivity contribution in [2.45, 2.75) is 32.4 Å². The second-order valence-electron chi connectivity index (χ2n) is 7.05. The molecule has 0 unspecified atom stereocenters. The molecule has 0 spiro atoms. The van der Waals surface area contributed by atoms with Crippen LogP contribution in [-0.2, 0) is 16.0 Å². The van der Waals surface area contributed by atoms with Crippen LogP contribution in [0.4, 0.5) is 0 Å². The Labute approximate surface area is 160 Å². The van der Waals surface area contributed by atoms with Gasteiger partial charge in [0.1, 0.15) is 5.70 Å². The van der Waals surface area contributed by atoms with Crippen LogP contribution in [0.3, 0.4) is 0 Å². The lowest BCUT2D eigenvalue weighted by Gasteiger charge is -2.46. The number of aliphatic carboxylic acids is 1. The van der Waals surface area contributed by atoms with Crippen molar-refractivity contribution < 1.29 is 19.8 Å². The van der Waals surface area contributed by atoms with E-state index in [2.05, 4.69) is 4.98 Å². The maximum atomic E-state index is 12.3. The molecule has 7 nitrogen and oxygen atoms in total. The molecular weight excluding hydrogens is 366 g/mol. The molecular formula is C19H21N3O4S. The number of aromatic nitrogens is 2. The van der Waals surface area contributed by atoms with Crippen molar-refractivity contribution in [2.24, 2.45) is 11.8 Å². The fraction of sp³-hybridized carbons (Fsp3) is 0.421. The van der Waals surface area contributed by atoms with Crippen molar-refractivity contribution in [3.05, 3.63) is 47.0 Å². The van der Waals surface area contributed by atoms with E-state index in [0.29, 0.717) is 17.1 Å². The van der Waals surface area contributed by atoms with Crippen LogP contribution in [-0.4, -0.2) is 54.3 Å². The van der Waals surface area contributed by atoms with E-state index in [1.165, 1.54) is 16.7 Å².